The largest absolute Gasteiger partial charge is 0.324 e. The number of hydrogen-bond donors (Lipinski definition) is 2. The molecule has 2 atom stereocenters. The Morgan fingerprint density at radius 1 is 1.21 bits per heavy atom. The van der Waals surface area contributed by atoms with Crippen LogP contribution in [0.15, 0.2) is 47.4 Å². The first-order valence-electron chi connectivity index (χ1n) is 9.61. The summed E-state index contributed by atoms with van der Waals surface area (Å²) < 4.78 is 1.52. The molecule has 2 aromatic rings. The fraction of sp³-hybridized carbons (Fsp3) is 0.381. The van der Waals surface area contributed by atoms with Gasteiger partial charge in [-0.1, -0.05) is 38.5 Å². The van der Waals surface area contributed by atoms with Crippen molar-refractivity contribution in [2.24, 2.45) is 5.92 Å². The minimum Gasteiger partial charge on any atom is -0.324 e. The summed E-state index contributed by atoms with van der Waals surface area (Å²) in [5.41, 5.74) is 2.01. The van der Waals surface area contributed by atoms with Gasteiger partial charge >= 0.3 is 6.03 Å². The van der Waals surface area contributed by atoms with Crippen molar-refractivity contribution in [3.05, 3.63) is 58.5 Å². The number of benzene rings is 1. The van der Waals surface area contributed by atoms with Gasteiger partial charge in [0.25, 0.3) is 5.56 Å². The molecule has 2 heterocycles. The van der Waals surface area contributed by atoms with E-state index in [2.05, 4.69) is 10.6 Å². The second-order valence-electron chi connectivity index (χ2n) is 7.08. The Morgan fingerprint density at radius 3 is 2.68 bits per heavy atom. The van der Waals surface area contributed by atoms with Crippen LogP contribution < -0.4 is 16.2 Å². The Hall–Kier alpha value is -3.09. The highest BCUT2D eigenvalue weighted by Crippen LogP contribution is 2.27. The highest BCUT2D eigenvalue weighted by molar-refractivity contribution is 6.00. The summed E-state index contributed by atoms with van der Waals surface area (Å²) >= 11 is 0. The van der Waals surface area contributed by atoms with Crippen molar-refractivity contribution in [3.63, 3.8) is 0 Å². The number of carbonyl (C=O) groups is 2. The van der Waals surface area contributed by atoms with Crippen LogP contribution in [0.1, 0.15) is 32.8 Å². The lowest BCUT2D eigenvalue weighted by atomic mass is 9.97. The topological polar surface area (TPSA) is 83.4 Å². The van der Waals surface area contributed by atoms with Gasteiger partial charge in [0.15, 0.2) is 0 Å². The third kappa shape index (κ3) is 3.93. The quantitative estimate of drug-likeness (QED) is 0.851. The molecule has 0 aliphatic carbocycles. The summed E-state index contributed by atoms with van der Waals surface area (Å²) in [7, 11) is 0. The Morgan fingerprint density at radius 2 is 1.96 bits per heavy atom. The smallest absolute Gasteiger partial charge is 0.322 e. The average Bonchev–Trinajstić information content (AvgIpc) is 2.84. The number of fused-ring (bicyclic) bond motifs is 1. The van der Waals surface area contributed by atoms with Gasteiger partial charge in [-0.25, -0.2) is 4.79 Å². The van der Waals surface area contributed by atoms with E-state index >= 15 is 0 Å². The van der Waals surface area contributed by atoms with Crippen LogP contribution in [0, 0.1) is 5.92 Å². The van der Waals surface area contributed by atoms with E-state index in [0.29, 0.717) is 18.8 Å². The average molecular weight is 382 g/mol. The maximum atomic E-state index is 13.1. The first-order chi connectivity index (χ1) is 13.4. The number of nitrogens with zero attached hydrogens (tertiary/aromatic N) is 2. The molecule has 3 rings (SSSR count). The molecule has 0 spiro atoms. The Balaban J connectivity index is 1.94. The maximum Gasteiger partial charge on any atom is 0.322 e. The molecular weight excluding hydrogens is 356 g/mol. The van der Waals surface area contributed by atoms with Crippen molar-refractivity contribution in [2.75, 3.05) is 10.6 Å². The molecule has 1 aromatic carbocycles. The molecule has 148 valence electrons. The molecule has 7 nitrogen and oxygen atoms in total. The Bertz CT molecular complexity index is 937. The fourth-order valence-electron chi connectivity index (χ4n) is 3.44. The molecule has 0 saturated carbocycles. The van der Waals surface area contributed by atoms with Crippen LogP contribution in [-0.2, 0) is 17.9 Å². The number of hydrogen-bond acceptors (Lipinski definition) is 3. The van der Waals surface area contributed by atoms with Crippen molar-refractivity contribution in [3.8, 4) is 0 Å². The number of para-hydroxylation sites is 1. The monoisotopic (exact) mass is 382 g/mol. The fourth-order valence-corrected chi connectivity index (χ4v) is 3.44. The molecule has 7 heteroatoms. The van der Waals surface area contributed by atoms with Crippen LogP contribution in [0.3, 0.4) is 0 Å². The van der Waals surface area contributed by atoms with Crippen molar-refractivity contribution in [2.45, 2.75) is 46.3 Å². The lowest BCUT2D eigenvalue weighted by Gasteiger charge is -2.32. The summed E-state index contributed by atoms with van der Waals surface area (Å²) in [5.74, 6) is -0.197. The lowest BCUT2D eigenvalue weighted by molar-refractivity contribution is -0.121. The number of carbonyl (C=O) groups excluding carboxylic acids is 2. The molecular formula is C21H26N4O3. The van der Waals surface area contributed by atoms with Crippen LogP contribution in [0.5, 0.6) is 0 Å². The zero-order valence-corrected chi connectivity index (χ0v) is 16.4. The van der Waals surface area contributed by atoms with Gasteiger partial charge in [0, 0.05) is 24.5 Å². The zero-order valence-electron chi connectivity index (χ0n) is 16.4. The maximum absolute atomic E-state index is 13.1. The van der Waals surface area contributed by atoms with Crippen LogP contribution in [0.2, 0.25) is 0 Å². The molecule has 3 amide bonds. The molecule has 0 bridgehead atoms. The van der Waals surface area contributed by atoms with Crippen LogP contribution in [0.4, 0.5) is 16.2 Å². The lowest BCUT2D eigenvalue weighted by Crippen LogP contribution is -2.50. The number of anilines is 2. The normalized spacial score (nSPS) is 17.3. The number of aromatic nitrogens is 1. The number of rotatable bonds is 4. The first kappa shape index (κ1) is 19.7. The predicted molar refractivity (Wildman–Crippen MR) is 109 cm³/mol. The van der Waals surface area contributed by atoms with E-state index in [1.165, 1.54) is 10.6 Å². The molecule has 1 aliphatic heterocycles. The van der Waals surface area contributed by atoms with Crippen molar-refractivity contribution in [1.29, 1.82) is 0 Å². The second-order valence-corrected chi connectivity index (χ2v) is 7.08. The molecule has 0 radical (unpaired) electrons. The van der Waals surface area contributed by atoms with Gasteiger partial charge < -0.3 is 20.1 Å². The standard InChI is InChI=1S/C21H26N4O3/c1-4-14(3)19-20(27)23-17-9-7-6-8-15(17)12-25(19)21(28)22-16-10-11-18(26)24(5-2)13-16/h6-11,13-14,19H,4-5,12H2,1-3H3,(H,22,28)(H,23,27)/t14-,19-/m0/s1. The molecule has 0 fully saturated rings. The van der Waals surface area contributed by atoms with Gasteiger partial charge in [0.1, 0.15) is 6.04 Å². The number of nitrogens with one attached hydrogen (secondary N) is 2. The number of urea groups is 1. The van der Waals surface area contributed by atoms with E-state index in [4.69, 9.17) is 0 Å². The number of pyridine rings is 1. The zero-order chi connectivity index (χ0) is 20.3. The molecule has 28 heavy (non-hydrogen) atoms. The van der Waals surface area contributed by atoms with Gasteiger partial charge in [0.05, 0.1) is 12.2 Å². The van der Waals surface area contributed by atoms with Gasteiger partial charge in [-0.05, 0) is 30.5 Å². The van der Waals surface area contributed by atoms with Crippen molar-refractivity contribution in [1.82, 2.24) is 9.47 Å². The third-order valence-electron chi connectivity index (χ3n) is 5.24. The second kappa shape index (κ2) is 8.29. The first-order valence-corrected chi connectivity index (χ1v) is 9.61. The number of aryl methyl sites for hydroxylation is 1. The Labute approximate surface area is 164 Å². The van der Waals surface area contributed by atoms with Gasteiger partial charge in [0.2, 0.25) is 5.91 Å². The molecule has 1 aromatic heterocycles. The third-order valence-corrected chi connectivity index (χ3v) is 5.24. The van der Waals surface area contributed by atoms with Crippen molar-refractivity contribution < 1.29 is 9.59 Å². The van der Waals surface area contributed by atoms with E-state index < -0.39 is 6.04 Å². The van der Waals surface area contributed by atoms with E-state index in [1.54, 1.807) is 17.2 Å². The summed E-state index contributed by atoms with van der Waals surface area (Å²) in [5, 5.41) is 5.81. The van der Waals surface area contributed by atoms with Crippen LogP contribution >= 0.6 is 0 Å². The highest BCUT2D eigenvalue weighted by Gasteiger charge is 2.36. The minimum absolute atomic E-state index is 0.00958. The van der Waals surface area contributed by atoms with E-state index in [9.17, 15) is 14.4 Å². The molecule has 0 saturated heterocycles. The minimum atomic E-state index is -0.588. The summed E-state index contributed by atoms with van der Waals surface area (Å²) in [4.78, 5) is 39.4. The van der Waals surface area contributed by atoms with Crippen LogP contribution in [-0.4, -0.2) is 27.4 Å². The number of amides is 3. The molecule has 0 unspecified atom stereocenters. The summed E-state index contributed by atoms with van der Waals surface area (Å²) in [6, 6.07) is 9.56. The van der Waals surface area contributed by atoms with E-state index in [1.807, 2.05) is 45.0 Å². The van der Waals surface area contributed by atoms with Gasteiger partial charge in [-0.15, -0.1) is 0 Å². The summed E-state index contributed by atoms with van der Waals surface area (Å²) in [6.07, 6.45) is 2.38. The molecule has 2 N–H and O–H groups in total. The van der Waals surface area contributed by atoms with E-state index in [0.717, 1.165) is 17.7 Å². The van der Waals surface area contributed by atoms with Crippen molar-refractivity contribution >= 4 is 23.3 Å². The van der Waals surface area contributed by atoms with Crippen LogP contribution in [0.25, 0.3) is 0 Å². The highest BCUT2D eigenvalue weighted by atomic mass is 16.2. The Kier molecular flexibility index (Phi) is 5.82. The summed E-state index contributed by atoms with van der Waals surface area (Å²) in [6.45, 7) is 6.67. The molecule has 1 aliphatic rings. The van der Waals surface area contributed by atoms with Gasteiger partial charge in [-0.3, -0.25) is 9.59 Å². The SMILES string of the molecule is CC[C@H](C)[C@H]1C(=O)Nc2ccccc2CN1C(=O)Nc1ccc(=O)n(CC)c1. The predicted octanol–water partition coefficient (Wildman–Crippen LogP) is 3.27. The van der Waals surface area contributed by atoms with Gasteiger partial charge in [-0.2, -0.15) is 0 Å². The van der Waals surface area contributed by atoms with E-state index in [-0.39, 0.29) is 23.4 Å².